The van der Waals surface area contributed by atoms with Crippen LogP contribution in [0.15, 0.2) is 11.6 Å². The highest BCUT2D eigenvalue weighted by atomic mass is 32.1. The van der Waals surface area contributed by atoms with Crippen LogP contribution >= 0.6 is 22.7 Å². The molecule has 10 heteroatoms. The Kier molecular flexibility index (Phi) is 5.52. The number of hydrogen-bond acceptors (Lipinski definition) is 8. The largest absolute Gasteiger partial charge is 0.465 e. The number of anilines is 1. The first-order chi connectivity index (χ1) is 11.4. The van der Waals surface area contributed by atoms with Crippen LogP contribution in [-0.2, 0) is 20.8 Å². The van der Waals surface area contributed by atoms with Crippen molar-refractivity contribution in [3.63, 3.8) is 0 Å². The van der Waals surface area contributed by atoms with E-state index in [-0.39, 0.29) is 26.8 Å². The number of nitrogens with zero attached hydrogens (tertiary/aromatic N) is 1. The van der Waals surface area contributed by atoms with Gasteiger partial charge in [0.2, 0.25) is 5.91 Å². The van der Waals surface area contributed by atoms with E-state index >= 15 is 0 Å². The van der Waals surface area contributed by atoms with Gasteiger partial charge in [-0.15, -0.1) is 22.7 Å². The lowest BCUT2D eigenvalue weighted by Crippen LogP contribution is -2.24. The summed E-state index contributed by atoms with van der Waals surface area (Å²) in [5, 5.41) is 12.2. The first-order valence-electron chi connectivity index (χ1n) is 6.67. The molecule has 0 bridgehead atoms. The van der Waals surface area contributed by atoms with E-state index in [1.54, 1.807) is 18.5 Å². The molecule has 0 atom stereocenters. The maximum absolute atomic E-state index is 12.2. The molecule has 2 aromatic rings. The lowest BCUT2D eigenvalue weighted by molar-refractivity contribution is -0.116. The van der Waals surface area contributed by atoms with Crippen LogP contribution in [0.25, 0.3) is 0 Å². The highest BCUT2D eigenvalue weighted by Crippen LogP contribution is 2.34. The molecule has 8 nitrogen and oxygen atoms in total. The summed E-state index contributed by atoms with van der Waals surface area (Å²) in [6.45, 7) is 1.51. The Morgan fingerprint density at radius 3 is 2.46 bits per heavy atom. The number of methoxy groups -OCH3 is 2. The molecule has 0 radical (unpaired) electrons. The molecule has 0 aromatic carbocycles. The Morgan fingerprint density at radius 1 is 1.25 bits per heavy atom. The van der Waals surface area contributed by atoms with Crippen LogP contribution in [0.3, 0.4) is 0 Å². The molecule has 0 fully saturated rings. The summed E-state index contributed by atoms with van der Waals surface area (Å²) >= 11 is 2.14. The van der Waals surface area contributed by atoms with Crippen molar-refractivity contribution in [2.75, 3.05) is 19.5 Å². The quantitative estimate of drug-likeness (QED) is 0.778. The normalized spacial score (nSPS) is 10.3. The summed E-state index contributed by atoms with van der Waals surface area (Å²) in [5.74, 6) is -1.67. The smallest absolute Gasteiger partial charge is 0.348 e. The number of amides is 1. The number of rotatable bonds is 5. The van der Waals surface area contributed by atoms with Crippen LogP contribution < -0.4 is 10.1 Å². The van der Waals surface area contributed by atoms with Gasteiger partial charge in [0, 0.05) is 11.6 Å². The lowest BCUT2D eigenvalue weighted by Gasteiger charge is -2.06. The summed E-state index contributed by atoms with van der Waals surface area (Å²) in [4.78, 5) is 36.4. The van der Waals surface area contributed by atoms with E-state index in [1.807, 2.05) is 0 Å². The Bertz CT molecular complexity index is 849. The molecule has 2 N–H and O–H groups in total. The standard InChI is InChI=1S/C14H15N3O5S2/c1-7-9(12(19)21-2)11(24-10(7)13(20)22-3)16-8(18)6-17-4-5-23-14(17)15/h4-5,15H,6H2,1-3H3,(H,16,18). The SMILES string of the molecule is COC(=O)c1sc(NC(=O)Cn2ccsc2=N)c(C(=O)OC)c1C. The fourth-order valence-corrected chi connectivity index (χ4v) is 3.71. The molecular formula is C14H15N3O5S2. The highest BCUT2D eigenvalue weighted by molar-refractivity contribution is 7.18. The monoisotopic (exact) mass is 369 g/mol. The van der Waals surface area contributed by atoms with Gasteiger partial charge in [0.25, 0.3) is 0 Å². The Morgan fingerprint density at radius 2 is 1.92 bits per heavy atom. The summed E-state index contributed by atoms with van der Waals surface area (Å²) < 4.78 is 10.9. The van der Waals surface area contributed by atoms with Crippen molar-refractivity contribution >= 4 is 45.5 Å². The second kappa shape index (κ2) is 7.41. The van der Waals surface area contributed by atoms with E-state index in [2.05, 4.69) is 10.1 Å². The molecule has 0 spiro atoms. The summed E-state index contributed by atoms with van der Waals surface area (Å²) in [6, 6.07) is 0. The van der Waals surface area contributed by atoms with Gasteiger partial charge < -0.3 is 19.4 Å². The van der Waals surface area contributed by atoms with Crippen molar-refractivity contribution in [1.82, 2.24) is 4.57 Å². The maximum atomic E-state index is 12.2. The van der Waals surface area contributed by atoms with Gasteiger partial charge in [-0.3, -0.25) is 10.2 Å². The van der Waals surface area contributed by atoms with E-state index in [0.717, 1.165) is 11.3 Å². The van der Waals surface area contributed by atoms with Crippen molar-refractivity contribution in [3.05, 3.63) is 32.4 Å². The highest BCUT2D eigenvalue weighted by Gasteiger charge is 2.26. The van der Waals surface area contributed by atoms with E-state index in [1.165, 1.54) is 30.1 Å². The van der Waals surface area contributed by atoms with Gasteiger partial charge in [0.05, 0.1) is 19.8 Å². The predicted molar refractivity (Wildman–Crippen MR) is 88.5 cm³/mol. The molecule has 128 valence electrons. The van der Waals surface area contributed by atoms with Crippen LogP contribution in [0.5, 0.6) is 0 Å². The van der Waals surface area contributed by atoms with Crippen LogP contribution in [-0.4, -0.2) is 36.6 Å². The molecule has 0 saturated carbocycles. The number of carbonyl (C=O) groups excluding carboxylic acids is 3. The molecule has 2 heterocycles. The van der Waals surface area contributed by atoms with Gasteiger partial charge in [-0.2, -0.15) is 0 Å². The summed E-state index contributed by atoms with van der Waals surface area (Å²) in [5.41, 5.74) is 0.510. The molecule has 0 unspecified atom stereocenters. The molecular weight excluding hydrogens is 354 g/mol. The summed E-state index contributed by atoms with van der Waals surface area (Å²) in [6.07, 6.45) is 1.62. The van der Waals surface area contributed by atoms with Gasteiger partial charge in [-0.05, 0) is 12.5 Å². The fraction of sp³-hybridized carbons (Fsp3) is 0.286. The minimum Gasteiger partial charge on any atom is -0.465 e. The summed E-state index contributed by atoms with van der Waals surface area (Å²) in [7, 11) is 2.46. The minimum absolute atomic E-state index is 0.0759. The molecule has 2 aromatic heterocycles. The fourth-order valence-electron chi connectivity index (χ4n) is 1.99. The van der Waals surface area contributed by atoms with Crippen molar-refractivity contribution < 1.29 is 23.9 Å². The van der Waals surface area contributed by atoms with Gasteiger partial charge in [-0.25, -0.2) is 9.59 Å². The number of nitrogens with one attached hydrogen (secondary N) is 2. The number of carbonyl (C=O) groups is 3. The lowest BCUT2D eigenvalue weighted by atomic mass is 10.1. The second-order valence-corrected chi connectivity index (χ2v) is 6.54. The zero-order chi connectivity index (χ0) is 17.9. The third-order valence-electron chi connectivity index (χ3n) is 3.16. The minimum atomic E-state index is -0.654. The first-order valence-corrected chi connectivity index (χ1v) is 8.37. The van der Waals surface area contributed by atoms with Crippen LogP contribution in [0.1, 0.15) is 25.6 Å². The van der Waals surface area contributed by atoms with Gasteiger partial charge in [0.1, 0.15) is 16.4 Å². The van der Waals surface area contributed by atoms with Gasteiger partial charge >= 0.3 is 11.9 Å². The number of thiazole rings is 1. The molecule has 0 aliphatic carbocycles. The Hall–Kier alpha value is -2.46. The number of thiophene rings is 1. The third kappa shape index (κ3) is 3.54. The molecule has 24 heavy (non-hydrogen) atoms. The van der Waals surface area contributed by atoms with Crippen LogP contribution in [0.4, 0.5) is 5.00 Å². The van der Waals surface area contributed by atoms with Crippen molar-refractivity contribution in [2.45, 2.75) is 13.5 Å². The number of ether oxygens (including phenoxy) is 2. The van der Waals surface area contributed by atoms with Crippen molar-refractivity contribution in [3.8, 4) is 0 Å². The molecule has 0 saturated heterocycles. The topological polar surface area (TPSA) is 110 Å². The Labute approximate surface area is 145 Å². The van der Waals surface area contributed by atoms with Gasteiger partial charge in [0.15, 0.2) is 4.80 Å². The number of aromatic nitrogens is 1. The molecule has 1 amide bonds. The average Bonchev–Trinajstić information content (AvgIpc) is 3.09. The predicted octanol–water partition coefficient (Wildman–Crippen LogP) is 1.61. The number of esters is 2. The molecule has 0 aliphatic heterocycles. The van der Waals surface area contributed by atoms with Gasteiger partial charge in [-0.1, -0.05) is 0 Å². The van der Waals surface area contributed by atoms with E-state index in [4.69, 9.17) is 10.1 Å². The van der Waals surface area contributed by atoms with Crippen LogP contribution in [0, 0.1) is 12.3 Å². The molecule has 2 rings (SSSR count). The van der Waals surface area contributed by atoms with Crippen molar-refractivity contribution in [1.29, 1.82) is 5.41 Å². The van der Waals surface area contributed by atoms with E-state index in [0.29, 0.717) is 5.56 Å². The maximum Gasteiger partial charge on any atom is 0.348 e. The number of hydrogen-bond donors (Lipinski definition) is 2. The van der Waals surface area contributed by atoms with Crippen LogP contribution in [0.2, 0.25) is 0 Å². The zero-order valence-corrected chi connectivity index (χ0v) is 14.8. The molecule has 0 aliphatic rings. The van der Waals surface area contributed by atoms with E-state index < -0.39 is 17.8 Å². The van der Waals surface area contributed by atoms with E-state index in [9.17, 15) is 14.4 Å². The zero-order valence-electron chi connectivity index (χ0n) is 13.2. The Balaban J connectivity index is 2.32. The second-order valence-electron chi connectivity index (χ2n) is 4.63. The van der Waals surface area contributed by atoms with Crippen molar-refractivity contribution in [2.24, 2.45) is 0 Å². The third-order valence-corrected chi connectivity index (χ3v) is 5.06. The first kappa shape index (κ1) is 17.9. The average molecular weight is 369 g/mol.